The molecule has 2 fully saturated rings. The highest BCUT2D eigenvalue weighted by atomic mass is 15.2. The molecule has 1 saturated heterocycles. The number of fused-ring (bicyclic) bond motifs is 2. The Morgan fingerprint density at radius 3 is 2.17 bits per heavy atom. The van der Waals surface area contributed by atoms with E-state index < -0.39 is 0 Å². The zero-order valence-electron chi connectivity index (χ0n) is 7.74. The second kappa shape index (κ2) is 2.98. The molecule has 2 aliphatic rings. The number of nitrogens with zero attached hydrogens (tertiary/aromatic N) is 1. The highest BCUT2D eigenvalue weighted by Crippen LogP contribution is 2.35. The van der Waals surface area contributed by atoms with Crippen molar-refractivity contribution < 1.29 is 0 Å². The molecule has 0 spiro atoms. The van der Waals surface area contributed by atoms with Crippen LogP contribution in [0, 0.1) is 11.8 Å². The fourth-order valence-corrected chi connectivity index (χ4v) is 2.63. The van der Waals surface area contributed by atoms with E-state index in [1.54, 1.807) is 0 Å². The Balaban J connectivity index is 2.02. The fourth-order valence-electron chi connectivity index (χ4n) is 2.63. The molecule has 0 aromatic carbocycles. The molecule has 12 heavy (non-hydrogen) atoms. The van der Waals surface area contributed by atoms with Crippen LogP contribution in [0.5, 0.6) is 0 Å². The topological polar surface area (TPSA) is 55.3 Å². The van der Waals surface area contributed by atoms with E-state index >= 15 is 0 Å². The Kier molecular flexibility index (Phi) is 2.10. The maximum atomic E-state index is 6.08. The quantitative estimate of drug-likeness (QED) is 0.579. The largest absolute Gasteiger partial charge is 0.327 e. The van der Waals surface area contributed by atoms with E-state index in [0.717, 1.165) is 24.9 Å². The fraction of sp³-hybridized carbons (Fsp3) is 1.00. The minimum absolute atomic E-state index is 0.209. The summed E-state index contributed by atoms with van der Waals surface area (Å²) in [5, 5.41) is 0. The molecule has 0 amide bonds. The lowest BCUT2D eigenvalue weighted by Crippen LogP contribution is -2.53. The Labute approximate surface area is 74.1 Å². The SMILES string of the molecule is CC(N)N1C[C@H]2CC[C@@H](C1)C2N. The second-order valence-electron chi connectivity index (χ2n) is 4.37. The van der Waals surface area contributed by atoms with Gasteiger partial charge in [0.2, 0.25) is 0 Å². The van der Waals surface area contributed by atoms with Crippen LogP contribution in [0.15, 0.2) is 0 Å². The van der Waals surface area contributed by atoms with Gasteiger partial charge in [-0.3, -0.25) is 4.90 Å². The van der Waals surface area contributed by atoms with E-state index in [0.29, 0.717) is 6.04 Å². The predicted octanol–water partition coefficient (Wildman–Crippen LogP) is -0.0398. The van der Waals surface area contributed by atoms with Gasteiger partial charge in [0, 0.05) is 19.1 Å². The van der Waals surface area contributed by atoms with Crippen LogP contribution in [-0.4, -0.2) is 30.2 Å². The molecule has 0 radical (unpaired) electrons. The van der Waals surface area contributed by atoms with Gasteiger partial charge >= 0.3 is 0 Å². The van der Waals surface area contributed by atoms with Crippen LogP contribution in [0.1, 0.15) is 19.8 Å². The summed E-state index contributed by atoms with van der Waals surface area (Å²) in [6, 6.07) is 0.458. The van der Waals surface area contributed by atoms with Crippen LogP contribution < -0.4 is 11.5 Å². The minimum atomic E-state index is 0.209. The highest BCUT2D eigenvalue weighted by Gasteiger charge is 2.40. The molecular formula is C9H19N3. The number of piperidine rings is 1. The summed E-state index contributed by atoms with van der Waals surface area (Å²) in [6.07, 6.45) is 2.84. The average Bonchev–Trinajstić information content (AvgIpc) is 2.30. The van der Waals surface area contributed by atoms with Gasteiger partial charge < -0.3 is 11.5 Å². The molecule has 3 heteroatoms. The van der Waals surface area contributed by atoms with Crippen LogP contribution in [0.4, 0.5) is 0 Å². The van der Waals surface area contributed by atoms with E-state index in [4.69, 9.17) is 11.5 Å². The van der Waals surface area contributed by atoms with Gasteiger partial charge in [-0.1, -0.05) is 0 Å². The summed E-state index contributed by atoms with van der Waals surface area (Å²) >= 11 is 0. The molecule has 2 rings (SSSR count). The predicted molar refractivity (Wildman–Crippen MR) is 49.4 cm³/mol. The molecule has 2 bridgehead atoms. The van der Waals surface area contributed by atoms with E-state index in [1.165, 1.54) is 12.8 Å². The highest BCUT2D eigenvalue weighted by molar-refractivity contribution is 4.95. The molecular weight excluding hydrogens is 150 g/mol. The summed E-state index contributed by atoms with van der Waals surface area (Å²) < 4.78 is 0. The molecule has 0 aromatic rings. The minimum Gasteiger partial charge on any atom is -0.327 e. The summed E-state index contributed by atoms with van der Waals surface area (Å²) in [6.45, 7) is 4.31. The van der Waals surface area contributed by atoms with Crippen molar-refractivity contribution in [3.63, 3.8) is 0 Å². The van der Waals surface area contributed by atoms with Gasteiger partial charge in [-0.15, -0.1) is 0 Å². The van der Waals surface area contributed by atoms with Crippen molar-refractivity contribution in [1.82, 2.24) is 4.90 Å². The molecule has 2 unspecified atom stereocenters. The monoisotopic (exact) mass is 169 g/mol. The van der Waals surface area contributed by atoms with Crippen LogP contribution >= 0.6 is 0 Å². The second-order valence-corrected chi connectivity index (χ2v) is 4.37. The number of hydrogen-bond acceptors (Lipinski definition) is 3. The lowest BCUT2D eigenvalue weighted by atomic mass is 9.93. The molecule has 3 nitrogen and oxygen atoms in total. The smallest absolute Gasteiger partial charge is 0.0542 e. The molecule has 1 saturated carbocycles. The zero-order chi connectivity index (χ0) is 8.72. The van der Waals surface area contributed by atoms with Gasteiger partial charge in [0.05, 0.1) is 6.17 Å². The van der Waals surface area contributed by atoms with Gasteiger partial charge in [0.25, 0.3) is 0 Å². The molecule has 1 aliphatic heterocycles. The Morgan fingerprint density at radius 1 is 1.25 bits per heavy atom. The van der Waals surface area contributed by atoms with Gasteiger partial charge in [0.15, 0.2) is 0 Å². The van der Waals surface area contributed by atoms with Crippen molar-refractivity contribution in [1.29, 1.82) is 0 Å². The molecule has 70 valence electrons. The van der Waals surface area contributed by atoms with Crippen LogP contribution in [-0.2, 0) is 0 Å². The van der Waals surface area contributed by atoms with Gasteiger partial charge in [-0.2, -0.15) is 0 Å². The van der Waals surface area contributed by atoms with Crippen molar-refractivity contribution in [3.8, 4) is 0 Å². The maximum absolute atomic E-state index is 6.08. The van der Waals surface area contributed by atoms with Crippen molar-refractivity contribution in [2.45, 2.75) is 32.0 Å². The molecule has 1 heterocycles. The normalized spacial score (nSPS) is 44.8. The van der Waals surface area contributed by atoms with E-state index in [9.17, 15) is 0 Å². The summed E-state index contributed by atoms with van der Waals surface area (Å²) in [4.78, 5) is 2.37. The number of nitrogens with two attached hydrogens (primary N) is 2. The van der Waals surface area contributed by atoms with Gasteiger partial charge in [-0.05, 0) is 31.6 Å². The first kappa shape index (κ1) is 8.48. The van der Waals surface area contributed by atoms with Gasteiger partial charge in [-0.25, -0.2) is 0 Å². The number of likely N-dealkylation sites (tertiary alicyclic amines) is 1. The Morgan fingerprint density at radius 2 is 1.75 bits per heavy atom. The van der Waals surface area contributed by atoms with Crippen LogP contribution in [0.3, 0.4) is 0 Å². The maximum Gasteiger partial charge on any atom is 0.0542 e. The van der Waals surface area contributed by atoms with Crippen molar-refractivity contribution >= 4 is 0 Å². The zero-order valence-corrected chi connectivity index (χ0v) is 7.74. The third-order valence-corrected chi connectivity index (χ3v) is 3.51. The van der Waals surface area contributed by atoms with Crippen LogP contribution in [0.2, 0.25) is 0 Å². The standard InChI is InChI=1S/C9H19N3/c1-6(10)12-4-7-2-3-8(5-12)9(7)11/h6-9H,2-5,10-11H2,1H3/t6?,7-,8+,9?. The van der Waals surface area contributed by atoms with Crippen molar-refractivity contribution in [3.05, 3.63) is 0 Å². The lowest BCUT2D eigenvalue weighted by molar-refractivity contribution is 0.112. The third kappa shape index (κ3) is 1.26. The summed E-state index contributed by atoms with van der Waals surface area (Å²) in [7, 11) is 0. The molecule has 4 N–H and O–H groups in total. The first-order valence-electron chi connectivity index (χ1n) is 4.93. The number of rotatable bonds is 1. The van der Waals surface area contributed by atoms with Crippen molar-refractivity contribution in [2.24, 2.45) is 23.3 Å². The van der Waals surface area contributed by atoms with E-state index in [-0.39, 0.29) is 6.17 Å². The third-order valence-electron chi connectivity index (χ3n) is 3.51. The van der Waals surface area contributed by atoms with Crippen molar-refractivity contribution in [2.75, 3.05) is 13.1 Å². The first-order valence-corrected chi connectivity index (χ1v) is 4.93. The molecule has 4 atom stereocenters. The van der Waals surface area contributed by atoms with E-state index in [1.807, 2.05) is 0 Å². The molecule has 0 aromatic heterocycles. The van der Waals surface area contributed by atoms with Gasteiger partial charge in [0.1, 0.15) is 0 Å². The Hall–Kier alpha value is -0.120. The number of hydrogen-bond donors (Lipinski definition) is 2. The summed E-state index contributed by atoms with van der Waals surface area (Å²) in [5.41, 5.74) is 11.9. The Bertz CT molecular complexity index is 155. The first-order chi connectivity index (χ1) is 5.68. The molecule has 1 aliphatic carbocycles. The summed E-state index contributed by atoms with van der Waals surface area (Å²) in [5.74, 6) is 1.43. The average molecular weight is 169 g/mol. The van der Waals surface area contributed by atoms with E-state index in [2.05, 4.69) is 11.8 Å². The lowest BCUT2D eigenvalue weighted by Gasteiger charge is -2.38. The van der Waals surface area contributed by atoms with Crippen LogP contribution in [0.25, 0.3) is 0 Å².